The zero-order valence-corrected chi connectivity index (χ0v) is 11.6. The van der Waals surface area contributed by atoms with Crippen LogP contribution in [0.15, 0.2) is 42.5 Å². The molecular formula is C16H18N2O2. The van der Waals surface area contributed by atoms with Gasteiger partial charge in [-0.25, -0.2) is 4.79 Å². The van der Waals surface area contributed by atoms with Crippen LogP contribution in [0.4, 0.5) is 17.1 Å². The molecule has 0 fully saturated rings. The molecule has 20 heavy (non-hydrogen) atoms. The minimum absolute atomic E-state index is 0.165. The van der Waals surface area contributed by atoms with Crippen molar-refractivity contribution < 1.29 is 9.90 Å². The van der Waals surface area contributed by atoms with Crippen molar-refractivity contribution in [1.29, 1.82) is 0 Å². The Balaban J connectivity index is 2.28. The molecule has 0 aromatic heterocycles. The molecule has 0 aliphatic heterocycles. The summed E-state index contributed by atoms with van der Waals surface area (Å²) in [5.41, 5.74) is 8.84. The SMILES string of the molecule is CC(C)c1ccc(Nc2ccc(N)cc2C(=O)O)cc1. The average Bonchev–Trinajstić information content (AvgIpc) is 2.41. The minimum Gasteiger partial charge on any atom is -0.478 e. The summed E-state index contributed by atoms with van der Waals surface area (Å²) >= 11 is 0. The second kappa shape index (κ2) is 5.65. The van der Waals surface area contributed by atoms with Crippen LogP contribution in [-0.4, -0.2) is 11.1 Å². The molecular weight excluding hydrogens is 252 g/mol. The topological polar surface area (TPSA) is 75.3 Å². The first-order valence-corrected chi connectivity index (χ1v) is 6.47. The van der Waals surface area contributed by atoms with Gasteiger partial charge in [0.05, 0.1) is 11.3 Å². The zero-order valence-electron chi connectivity index (χ0n) is 11.6. The summed E-state index contributed by atoms with van der Waals surface area (Å²) in [7, 11) is 0. The van der Waals surface area contributed by atoms with Gasteiger partial charge < -0.3 is 16.2 Å². The Kier molecular flexibility index (Phi) is 3.94. The first-order valence-electron chi connectivity index (χ1n) is 6.47. The summed E-state index contributed by atoms with van der Waals surface area (Å²) in [6, 6.07) is 12.8. The Morgan fingerprint density at radius 3 is 2.35 bits per heavy atom. The van der Waals surface area contributed by atoms with Gasteiger partial charge in [-0.2, -0.15) is 0 Å². The highest BCUT2D eigenvalue weighted by atomic mass is 16.4. The minimum atomic E-state index is -1.00. The molecule has 0 amide bonds. The van der Waals surface area contributed by atoms with Crippen LogP contribution in [0.1, 0.15) is 35.7 Å². The summed E-state index contributed by atoms with van der Waals surface area (Å²) < 4.78 is 0. The molecule has 0 aliphatic rings. The van der Waals surface area contributed by atoms with Crippen LogP contribution in [-0.2, 0) is 0 Å². The van der Waals surface area contributed by atoms with Crippen molar-refractivity contribution >= 4 is 23.0 Å². The molecule has 4 N–H and O–H groups in total. The van der Waals surface area contributed by atoms with Crippen molar-refractivity contribution in [3.63, 3.8) is 0 Å². The third-order valence-electron chi connectivity index (χ3n) is 3.13. The van der Waals surface area contributed by atoms with Gasteiger partial charge in [-0.1, -0.05) is 26.0 Å². The lowest BCUT2D eigenvalue weighted by Crippen LogP contribution is -2.04. The highest BCUT2D eigenvalue weighted by Gasteiger charge is 2.10. The molecule has 4 nitrogen and oxygen atoms in total. The number of nitrogens with two attached hydrogens (primary N) is 1. The normalized spacial score (nSPS) is 10.6. The van der Waals surface area contributed by atoms with Crippen molar-refractivity contribution in [2.24, 2.45) is 0 Å². The highest BCUT2D eigenvalue weighted by Crippen LogP contribution is 2.24. The van der Waals surface area contributed by atoms with Crippen LogP contribution in [0.2, 0.25) is 0 Å². The Bertz CT molecular complexity index is 619. The first-order chi connectivity index (χ1) is 9.47. The van der Waals surface area contributed by atoms with Gasteiger partial charge in [-0.15, -0.1) is 0 Å². The number of benzene rings is 2. The van der Waals surface area contributed by atoms with E-state index in [0.29, 0.717) is 17.3 Å². The van der Waals surface area contributed by atoms with Gasteiger partial charge in [0, 0.05) is 11.4 Å². The molecule has 0 heterocycles. The molecule has 0 spiro atoms. The van der Waals surface area contributed by atoms with Crippen LogP contribution in [0, 0.1) is 0 Å². The lowest BCUT2D eigenvalue weighted by atomic mass is 10.0. The number of carboxylic acid groups (broad SMARTS) is 1. The van der Waals surface area contributed by atoms with Gasteiger partial charge in [-0.05, 0) is 41.8 Å². The van der Waals surface area contributed by atoms with Gasteiger partial charge in [0.25, 0.3) is 0 Å². The molecule has 2 rings (SSSR count). The number of rotatable bonds is 4. The predicted octanol–water partition coefficient (Wildman–Crippen LogP) is 3.83. The summed E-state index contributed by atoms with van der Waals surface area (Å²) in [6.45, 7) is 4.26. The van der Waals surface area contributed by atoms with Crippen molar-refractivity contribution in [3.8, 4) is 0 Å². The number of hydrogen-bond donors (Lipinski definition) is 3. The lowest BCUT2D eigenvalue weighted by Gasteiger charge is -2.12. The van der Waals surface area contributed by atoms with E-state index in [1.54, 1.807) is 12.1 Å². The Hall–Kier alpha value is -2.49. The van der Waals surface area contributed by atoms with Crippen molar-refractivity contribution in [2.75, 3.05) is 11.1 Å². The maximum absolute atomic E-state index is 11.2. The maximum Gasteiger partial charge on any atom is 0.337 e. The van der Waals surface area contributed by atoms with E-state index in [1.165, 1.54) is 11.6 Å². The lowest BCUT2D eigenvalue weighted by molar-refractivity contribution is 0.0698. The fourth-order valence-electron chi connectivity index (χ4n) is 1.95. The van der Waals surface area contributed by atoms with E-state index in [4.69, 9.17) is 5.73 Å². The first kappa shape index (κ1) is 13.9. The zero-order chi connectivity index (χ0) is 14.7. The van der Waals surface area contributed by atoms with E-state index in [-0.39, 0.29) is 5.56 Å². The number of hydrogen-bond acceptors (Lipinski definition) is 3. The fraction of sp³-hybridized carbons (Fsp3) is 0.188. The second-order valence-corrected chi connectivity index (χ2v) is 5.01. The third kappa shape index (κ3) is 3.09. The number of carbonyl (C=O) groups is 1. The average molecular weight is 270 g/mol. The summed E-state index contributed by atoms with van der Waals surface area (Å²) in [5, 5.41) is 12.3. The number of aromatic carboxylic acids is 1. The molecule has 0 bridgehead atoms. The van der Waals surface area contributed by atoms with E-state index in [1.807, 2.05) is 24.3 Å². The molecule has 0 atom stereocenters. The monoisotopic (exact) mass is 270 g/mol. The van der Waals surface area contributed by atoms with E-state index in [2.05, 4.69) is 19.2 Å². The summed E-state index contributed by atoms with van der Waals surface area (Å²) in [4.78, 5) is 11.2. The van der Waals surface area contributed by atoms with Gasteiger partial charge in [-0.3, -0.25) is 0 Å². The van der Waals surface area contributed by atoms with Crippen molar-refractivity contribution in [2.45, 2.75) is 19.8 Å². The smallest absolute Gasteiger partial charge is 0.337 e. The summed E-state index contributed by atoms with van der Waals surface area (Å²) in [6.07, 6.45) is 0. The molecule has 0 aliphatic carbocycles. The van der Waals surface area contributed by atoms with Crippen LogP contribution >= 0.6 is 0 Å². The maximum atomic E-state index is 11.2. The Labute approximate surface area is 118 Å². The molecule has 0 unspecified atom stereocenters. The second-order valence-electron chi connectivity index (χ2n) is 5.01. The van der Waals surface area contributed by atoms with Crippen LogP contribution in [0.3, 0.4) is 0 Å². The highest BCUT2D eigenvalue weighted by molar-refractivity contribution is 5.96. The van der Waals surface area contributed by atoms with Crippen molar-refractivity contribution in [1.82, 2.24) is 0 Å². The fourth-order valence-corrected chi connectivity index (χ4v) is 1.95. The molecule has 4 heteroatoms. The Morgan fingerprint density at radius 1 is 1.15 bits per heavy atom. The molecule has 104 valence electrons. The van der Waals surface area contributed by atoms with Gasteiger partial charge in [0.2, 0.25) is 0 Å². The predicted molar refractivity (Wildman–Crippen MR) is 81.6 cm³/mol. The van der Waals surface area contributed by atoms with E-state index < -0.39 is 5.97 Å². The van der Waals surface area contributed by atoms with Crippen molar-refractivity contribution in [3.05, 3.63) is 53.6 Å². The molecule has 2 aromatic carbocycles. The van der Waals surface area contributed by atoms with E-state index >= 15 is 0 Å². The number of carboxylic acids is 1. The standard InChI is InChI=1S/C16H18N2O2/c1-10(2)11-3-6-13(7-4-11)18-15-8-5-12(17)9-14(15)16(19)20/h3-10,18H,17H2,1-2H3,(H,19,20). The largest absolute Gasteiger partial charge is 0.478 e. The number of anilines is 3. The molecule has 2 aromatic rings. The molecule has 0 saturated heterocycles. The summed E-state index contributed by atoms with van der Waals surface area (Å²) in [5.74, 6) is -0.534. The molecule has 0 radical (unpaired) electrons. The van der Waals surface area contributed by atoms with Crippen LogP contribution in [0.25, 0.3) is 0 Å². The van der Waals surface area contributed by atoms with E-state index in [0.717, 1.165) is 5.69 Å². The van der Waals surface area contributed by atoms with Gasteiger partial charge in [0.1, 0.15) is 0 Å². The number of nitrogen functional groups attached to an aromatic ring is 1. The van der Waals surface area contributed by atoms with Gasteiger partial charge in [0.15, 0.2) is 0 Å². The van der Waals surface area contributed by atoms with E-state index in [9.17, 15) is 9.90 Å². The van der Waals surface area contributed by atoms with Crippen LogP contribution < -0.4 is 11.1 Å². The molecule has 0 saturated carbocycles. The van der Waals surface area contributed by atoms with Crippen LogP contribution in [0.5, 0.6) is 0 Å². The number of nitrogens with one attached hydrogen (secondary N) is 1. The quantitative estimate of drug-likeness (QED) is 0.738. The van der Waals surface area contributed by atoms with Gasteiger partial charge >= 0.3 is 5.97 Å². The Morgan fingerprint density at radius 2 is 1.80 bits per heavy atom. The third-order valence-corrected chi connectivity index (χ3v) is 3.13.